The smallest absolute Gasteiger partial charge is 0.354 e. The van der Waals surface area contributed by atoms with Gasteiger partial charge in [-0.3, -0.25) is 0 Å². The Morgan fingerprint density at radius 3 is 2.90 bits per heavy atom. The van der Waals surface area contributed by atoms with Crippen LogP contribution in [0.2, 0.25) is 5.02 Å². The van der Waals surface area contributed by atoms with Gasteiger partial charge in [-0.25, -0.2) is 9.18 Å². The van der Waals surface area contributed by atoms with Crippen LogP contribution < -0.4 is 0 Å². The van der Waals surface area contributed by atoms with Crippen LogP contribution in [0.1, 0.15) is 16.1 Å². The second-order valence-electron chi connectivity index (χ2n) is 4.51. The summed E-state index contributed by atoms with van der Waals surface area (Å²) in [6, 6.07) is 7.97. The van der Waals surface area contributed by atoms with Gasteiger partial charge in [0.1, 0.15) is 11.5 Å². The summed E-state index contributed by atoms with van der Waals surface area (Å²) >= 11 is 7.62. The number of thiophene rings is 1. The van der Waals surface area contributed by atoms with E-state index in [0.29, 0.717) is 17.3 Å². The van der Waals surface area contributed by atoms with Crippen LogP contribution in [0.4, 0.5) is 4.39 Å². The molecule has 0 saturated heterocycles. The molecule has 0 spiro atoms. The minimum atomic E-state index is -0.406. The van der Waals surface area contributed by atoms with E-state index in [2.05, 4.69) is 0 Å². The third-order valence-electron chi connectivity index (χ3n) is 3.26. The van der Waals surface area contributed by atoms with Crippen molar-refractivity contribution in [1.82, 2.24) is 4.57 Å². The Bertz CT molecular complexity index is 824. The van der Waals surface area contributed by atoms with E-state index in [4.69, 9.17) is 16.3 Å². The molecule has 0 unspecified atom stereocenters. The number of esters is 1. The molecule has 3 rings (SSSR count). The maximum Gasteiger partial charge on any atom is 0.354 e. The van der Waals surface area contributed by atoms with Crippen molar-refractivity contribution < 1.29 is 13.9 Å². The first-order chi connectivity index (χ1) is 10.1. The molecule has 0 fully saturated rings. The van der Waals surface area contributed by atoms with Gasteiger partial charge in [-0.05, 0) is 35.2 Å². The van der Waals surface area contributed by atoms with E-state index in [0.717, 1.165) is 15.8 Å². The van der Waals surface area contributed by atoms with Gasteiger partial charge in [0.15, 0.2) is 0 Å². The van der Waals surface area contributed by atoms with E-state index < -0.39 is 5.97 Å². The van der Waals surface area contributed by atoms with E-state index in [1.54, 1.807) is 23.5 Å². The standard InChI is InChI=1S/C15H11ClFNO2S/c1-20-15(19)13-7-14-12(4-5-21-14)18(13)8-9-2-3-10(17)6-11(9)16/h2-7H,8H2,1H3. The van der Waals surface area contributed by atoms with Crippen molar-refractivity contribution in [3.63, 3.8) is 0 Å². The van der Waals surface area contributed by atoms with Gasteiger partial charge in [0.2, 0.25) is 0 Å². The van der Waals surface area contributed by atoms with Crippen molar-refractivity contribution in [3.05, 3.63) is 57.8 Å². The number of methoxy groups -OCH3 is 1. The lowest BCUT2D eigenvalue weighted by Gasteiger charge is -2.10. The highest BCUT2D eigenvalue weighted by Gasteiger charge is 2.17. The number of carbonyl (C=O) groups excluding carboxylic acids is 1. The summed E-state index contributed by atoms with van der Waals surface area (Å²) in [7, 11) is 1.35. The van der Waals surface area contributed by atoms with Crippen molar-refractivity contribution >= 4 is 39.1 Å². The van der Waals surface area contributed by atoms with Gasteiger partial charge < -0.3 is 9.30 Å². The van der Waals surface area contributed by atoms with Gasteiger partial charge in [-0.2, -0.15) is 0 Å². The Morgan fingerprint density at radius 1 is 1.38 bits per heavy atom. The number of hydrogen-bond acceptors (Lipinski definition) is 3. The first-order valence-electron chi connectivity index (χ1n) is 6.19. The summed E-state index contributed by atoms with van der Waals surface area (Å²) < 4.78 is 20.8. The first kappa shape index (κ1) is 14.1. The topological polar surface area (TPSA) is 31.2 Å². The molecule has 6 heteroatoms. The quantitative estimate of drug-likeness (QED) is 0.672. The number of hydrogen-bond donors (Lipinski definition) is 0. The lowest BCUT2D eigenvalue weighted by atomic mass is 10.2. The van der Waals surface area contributed by atoms with Crippen molar-refractivity contribution in [3.8, 4) is 0 Å². The van der Waals surface area contributed by atoms with E-state index in [1.807, 2.05) is 16.0 Å². The highest BCUT2D eigenvalue weighted by molar-refractivity contribution is 7.17. The van der Waals surface area contributed by atoms with Gasteiger partial charge in [-0.15, -0.1) is 11.3 Å². The third-order valence-corrected chi connectivity index (χ3v) is 4.47. The molecule has 0 aliphatic heterocycles. The molecule has 108 valence electrons. The maximum absolute atomic E-state index is 13.1. The molecule has 0 N–H and O–H groups in total. The van der Waals surface area contributed by atoms with Crippen LogP contribution in [0.5, 0.6) is 0 Å². The molecule has 3 aromatic rings. The molecule has 0 atom stereocenters. The summed E-state index contributed by atoms with van der Waals surface area (Å²) in [4.78, 5) is 11.9. The van der Waals surface area contributed by atoms with Gasteiger partial charge in [-0.1, -0.05) is 17.7 Å². The number of ether oxygens (including phenoxy) is 1. The summed E-state index contributed by atoms with van der Waals surface area (Å²) in [5, 5.41) is 2.29. The zero-order valence-electron chi connectivity index (χ0n) is 11.1. The maximum atomic E-state index is 13.1. The van der Waals surface area contributed by atoms with Gasteiger partial charge in [0.05, 0.1) is 17.3 Å². The Morgan fingerprint density at radius 2 is 2.19 bits per heavy atom. The molecule has 2 heterocycles. The Hall–Kier alpha value is -1.85. The Balaban J connectivity index is 2.10. The van der Waals surface area contributed by atoms with Gasteiger partial charge >= 0.3 is 5.97 Å². The zero-order valence-corrected chi connectivity index (χ0v) is 12.7. The lowest BCUT2D eigenvalue weighted by molar-refractivity contribution is 0.0589. The summed E-state index contributed by atoms with van der Waals surface area (Å²) in [5.74, 6) is -0.790. The minimum Gasteiger partial charge on any atom is -0.464 e. The molecule has 1 aromatic carbocycles. The van der Waals surface area contributed by atoms with Gasteiger partial charge in [0, 0.05) is 11.6 Å². The number of fused-ring (bicyclic) bond motifs is 1. The summed E-state index contributed by atoms with van der Waals surface area (Å²) in [6.07, 6.45) is 0. The van der Waals surface area contributed by atoms with Crippen LogP contribution in [0.25, 0.3) is 10.2 Å². The lowest BCUT2D eigenvalue weighted by Crippen LogP contribution is -2.11. The minimum absolute atomic E-state index is 0.336. The normalized spacial score (nSPS) is 11.0. The first-order valence-corrected chi connectivity index (χ1v) is 7.45. The molecule has 0 bridgehead atoms. The molecule has 3 nitrogen and oxygen atoms in total. The van der Waals surface area contributed by atoms with Crippen LogP contribution in [0.3, 0.4) is 0 Å². The van der Waals surface area contributed by atoms with Crippen LogP contribution in [-0.4, -0.2) is 17.6 Å². The summed E-state index contributed by atoms with van der Waals surface area (Å²) in [6.45, 7) is 0.379. The predicted octanol–water partition coefficient (Wildman–Crippen LogP) is 4.33. The molecule has 21 heavy (non-hydrogen) atoms. The van der Waals surface area contributed by atoms with E-state index in [-0.39, 0.29) is 5.82 Å². The highest BCUT2D eigenvalue weighted by Crippen LogP contribution is 2.28. The number of halogens is 2. The monoisotopic (exact) mass is 323 g/mol. The molecular formula is C15H11ClFNO2S. The fourth-order valence-corrected chi connectivity index (χ4v) is 3.29. The second-order valence-corrected chi connectivity index (χ2v) is 5.87. The molecule has 0 saturated carbocycles. The van der Waals surface area contributed by atoms with Crippen LogP contribution in [-0.2, 0) is 11.3 Å². The largest absolute Gasteiger partial charge is 0.464 e. The van der Waals surface area contributed by atoms with Gasteiger partial charge in [0.25, 0.3) is 0 Å². The van der Waals surface area contributed by atoms with E-state index >= 15 is 0 Å². The Kier molecular flexibility index (Phi) is 3.69. The number of rotatable bonds is 3. The van der Waals surface area contributed by atoms with Crippen LogP contribution in [0.15, 0.2) is 35.7 Å². The number of aromatic nitrogens is 1. The summed E-state index contributed by atoms with van der Waals surface area (Å²) in [5.41, 5.74) is 2.13. The average molecular weight is 324 g/mol. The van der Waals surface area contributed by atoms with Crippen molar-refractivity contribution in [2.75, 3.05) is 7.11 Å². The second kappa shape index (κ2) is 5.50. The zero-order chi connectivity index (χ0) is 15.0. The molecule has 0 aliphatic rings. The Labute approximate surface area is 129 Å². The number of carbonyl (C=O) groups is 1. The predicted molar refractivity (Wildman–Crippen MR) is 81.7 cm³/mol. The highest BCUT2D eigenvalue weighted by atomic mass is 35.5. The fourth-order valence-electron chi connectivity index (χ4n) is 2.24. The van der Waals surface area contributed by atoms with E-state index in [9.17, 15) is 9.18 Å². The molecule has 0 radical (unpaired) electrons. The van der Waals surface area contributed by atoms with Crippen molar-refractivity contribution in [1.29, 1.82) is 0 Å². The molecule has 0 amide bonds. The average Bonchev–Trinajstić information content (AvgIpc) is 3.03. The molecule has 0 aliphatic carbocycles. The molecular weight excluding hydrogens is 313 g/mol. The van der Waals surface area contributed by atoms with E-state index in [1.165, 1.54) is 19.2 Å². The third kappa shape index (κ3) is 2.54. The van der Waals surface area contributed by atoms with Crippen LogP contribution in [0, 0.1) is 5.82 Å². The van der Waals surface area contributed by atoms with Crippen molar-refractivity contribution in [2.45, 2.75) is 6.54 Å². The molecule has 2 aromatic heterocycles. The number of nitrogens with zero attached hydrogens (tertiary/aromatic N) is 1. The fraction of sp³-hybridized carbons (Fsp3) is 0.133. The van der Waals surface area contributed by atoms with Crippen LogP contribution >= 0.6 is 22.9 Å². The SMILES string of the molecule is COC(=O)c1cc2sccc2n1Cc1ccc(F)cc1Cl. The van der Waals surface area contributed by atoms with Crippen molar-refractivity contribution in [2.24, 2.45) is 0 Å². The number of benzene rings is 1.